The predicted molar refractivity (Wildman–Crippen MR) is 229 cm³/mol. The second-order valence-corrected chi connectivity index (χ2v) is 26.7. The van der Waals surface area contributed by atoms with Crippen LogP contribution in [0.1, 0.15) is 83.0 Å². The number of hydrogen-bond donors (Lipinski definition) is 0. The first-order chi connectivity index (χ1) is 26.1. The van der Waals surface area contributed by atoms with Gasteiger partial charge in [-0.05, 0) is 54.2 Å². The van der Waals surface area contributed by atoms with E-state index >= 15 is 0 Å². The van der Waals surface area contributed by atoms with Crippen LogP contribution in [0.4, 0.5) is 0 Å². The molecule has 8 rings (SSSR count). The molecule has 7 heteroatoms. The molecule has 0 saturated carbocycles. The van der Waals surface area contributed by atoms with Crippen LogP contribution in [-0.2, 0) is 20.1 Å². The van der Waals surface area contributed by atoms with Crippen molar-refractivity contribution in [1.82, 2.24) is 19.5 Å². The van der Waals surface area contributed by atoms with E-state index in [1.165, 1.54) is 21.2 Å². The monoisotopic (exact) mass is 966 g/mol. The van der Waals surface area contributed by atoms with Gasteiger partial charge in [-0.25, -0.2) is 4.98 Å². The Hall–Kier alpha value is -4.36. The summed E-state index contributed by atoms with van der Waals surface area (Å²) in [5, 5.41) is 2.04. The number of rotatable bonds is 7. The average molecular weight is 965 g/mol. The number of aromatic nitrogens is 4. The fraction of sp³-hybridized carbons (Fsp3) is 0.271. The third-order valence-corrected chi connectivity index (χ3v) is 14.3. The molecular weight excluding hydrogens is 913 g/mol. The van der Waals surface area contributed by atoms with Crippen molar-refractivity contribution in [1.29, 1.82) is 0 Å². The molecule has 4 aromatic heterocycles. The van der Waals surface area contributed by atoms with Crippen LogP contribution in [0.25, 0.3) is 61.4 Å². The molecule has 0 aliphatic heterocycles. The molecule has 55 heavy (non-hydrogen) atoms. The Labute approximate surface area is 343 Å². The maximum atomic E-state index is 8.02. The second kappa shape index (κ2) is 16.4. The minimum absolute atomic E-state index is 0. The number of aryl methyl sites for hydroxylation is 1. The van der Waals surface area contributed by atoms with Gasteiger partial charge in [0.1, 0.15) is 0 Å². The predicted octanol–water partition coefficient (Wildman–Crippen LogP) is 12.6. The molecule has 0 amide bonds. The van der Waals surface area contributed by atoms with E-state index < -0.39 is 19.2 Å². The van der Waals surface area contributed by atoms with E-state index in [0.717, 1.165) is 61.3 Å². The molecule has 0 fully saturated rings. The Bertz CT molecular complexity index is 2550. The van der Waals surface area contributed by atoms with Crippen LogP contribution in [0, 0.1) is 19.1 Å². The van der Waals surface area contributed by atoms with Crippen molar-refractivity contribution >= 4 is 50.8 Å². The van der Waals surface area contributed by atoms with Crippen molar-refractivity contribution in [2.75, 3.05) is 0 Å². The van der Waals surface area contributed by atoms with E-state index in [-0.39, 0.29) is 20.1 Å². The molecule has 0 saturated heterocycles. The zero-order valence-corrected chi connectivity index (χ0v) is 38.0. The van der Waals surface area contributed by atoms with Gasteiger partial charge in [0.2, 0.25) is 5.71 Å². The number of hydrogen-bond acceptors (Lipinski definition) is 4. The molecule has 0 spiro atoms. The van der Waals surface area contributed by atoms with Gasteiger partial charge in [0.05, 0.1) is 22.4 Å². The van der Waals surface area contributed by atoms with Crippen LogP contribution >= 0.6 is 0 Å². The Morgan fingerprint density at radius 1 is 0.764 bits per heavy atom. The molecule has 283 valence electrons. The smallest absolute Gasteiger partial charge is 0 e. The third-order valence-electron chi connectivity index (χ3n) is 10.1. The summed E-state index contributed by atoms with van der Waals surface area (Å²) in [6, 6.07) is 40.0. The normalized spacial score (nSPS) is 12.3. The van der Waals surface area contributed by atoms with Gasteiger partial charge in [-0.3, -0.25) is 4.98 Å². The van der Waals surface area contributed by atoms with Crippen LogP contribution in [-0.4, -0.2) is 32.8 Å². The van der Waals surface area contributed by atoms with E-state index in [1.807, 2.05) is 63.4 Å². The molecule has 0 unspecified atom stereocenters. The van der Waals surface area contributed by atoms with Gasteiger partial charge in [0, 0.05) is 36.9 Å². The molecule has 0 aliphatic carbocycles. The fourth-order valence-electron chi connectivity index (χ4n) is 6.96. The first-order valence-corrected chi connectivity index (χ1v) is 26.3. The Kier molecular flexibility index (Phi) is 11.6. The van der Waals surface area contributed by atoms with Crippen LogP contribution in [0.15, 0.2) is 108 Å². The third kappa shape index (κ3) is 8.14. The number of benzene rings is 4. The van der Waals surface area contributed by atoms with Crippen molar-refractivity contribution in [3.8, 4) is 28.3 Å². The Morgan fingerprint density at radius 3 is 2.11 bits per heavy atom. The van der Waals surface area contributed by atoms with Crippen LogP contribution in [0.2, 0.25) is 17.3 Å². The SMILES string of the molecule is Cc1ccc2c(n1)oc1c(-c3nc4ccccc4n3-c3c(C(C)C)cccc3C(C)C)[c-]ccc12.[2H]C(C)(C)c1c[c-]c(-c2cc[c]([Ge]([CH3])([CH3])[CH3])cn2)cc1.[Ir]. The van der Waals surface area contributed by atoms with Crippen molar-refractivity contribution in [2.24, 2.45) is 0 Å². The minimum atomic E-state index is -1.78. The molecule has 0 N–H and O–H groups in total. The van der Waals surface area contributed by atoms with E-state index in [0.29, 0.717) is 17.5 Å². The van der Waals surface area contributed by atoms with Crippen molar-refractivity contribution in [3.63, 3.8) is 0 Å². The first kappa shape index (κ1) is 38.9. The summed E-state index contributed by atoms with van der Waals surface area (Å²) in [5.74, 6) is 8.08. The van der Waals surface area contributed by atoms with E-state index in [4.69, 9.17) is 10.8 Å². The quantitative estimate of drug-likeness (QED) is 0.118. The summed E-state index contributed by atoms with van der Waals surface area (Å²) in [5.41, 5.74) is 12.0. The molecule has 0 aliphatic rings. The topological polar surface area (TPSA) is 56.7 Å². The van der Waals surface area contributed by atoms with Gasteiger partial charge in [-0.2, -0.15) is 0 Å². The summed E-state index contributed by atoms with van der Waals surface area (Å²) in [6.07, 6.45) is 2.02. The number of pyridine rings is 2. The van der Waals surface area contributed by atoms with Gasteiger partial charge >= 0.3 is 120 Å². The summed E-state index contributed by atoms with van der Waals surface area (Å²) in [7, 11) is 0. The number of nitrogens with zero attached hydrogens (tertiary/aromatic N) is 4. The minimum Gasteiger partial charge on any atom is 0 e. The van der Waals surface area contributed by atoms with E-state index in [2.05, 4.69) is 132 Å². The number of fused-ring (bicyclic) bond motifs is 4. The molecule has 1 radical (unpaired) electrons. The molecule has 0 atom stereocenters. The molecule has 5 nitrogen and oxygen atoms in total. The molecule has 4 heterocycles. The zero-order chi connectivity index (χ0) is 39.2. The van der Waals surface area contributed by atoms with E-state index in [9.17, 15) is 0 Å². The van der Waals surface area contributed by atoms with Gasteiger partial charge < -0.3 is 8.98 Å². The molecule has 4 aromatic carbocycles. The van der Waals surface area contributed by atoms with Crippen molar-refractivity contribution in [3.05, 3.63) is 138 Å². The average Bonchev–Trinajstić information content (AvgIpc) is 3.72. The fourth-order valence-corrected chi connectivity index (χ4v) is 9.13. The standard InChI is InChI=1S/C31H28N3O.C17H22GeN.Ir/c1-18(2)21-10-8-11-22(19(3)4)28(21)34-27-15-7-6-14-26(27)33-30(34)25-13-9-12-23-24-17-16-20(5)32-31(24)35-29(23)25;1-13(2)14-6-8-15(9-7-14)17-11-10-16(12-19-17)18(3,4)5;/h6-12,14-19H,1-5H3;6-8,10-13H,1-5H3;/q2*-1;/i;13D;. The Morgan fingerprint density at radius 2 is 1.49 bits per heavy atom. The largest absolute Gasteiger partial charge is 0 e. The van der Waals surface area contributed by atoms with Crippen molar-refractivity contribution < 1.29 is 25.9 Å². The van der Waals surface area contributed by atoms with Gasteiger partial charge in [0.25, 0.3) is 0 Å². The maximum absolute atomic E-state index is 8.02. The summed E-state index contributed by atoms with van der Waals surface area (Å²) in [4.78, 5) is 14.4. The number of para-hydroxylation sites is 3. The summed E-state index contributed by atoms with van der Waals surface area (Å²) in [6.45, 7) is 14.8. The van der Waals surface area contributed by atoms with Crippen molar-refractivity contribution in [2.45, 2.75) is 83.5 Å². The van der Waals surface area contributed by atoms with Gasteiger partial charge in [-0.1, -0.05) is 69.0 Å². The molecule has 8 aromatic rings. The molecular formula is C48H50GeIrN4O-2. The zero-order valence-electron chi connectivity index (χ0n) is 34.5. The number of furan rings is 1. The molecule has 0 bridgehead atoms. The van der Waals surface area contributed by atoms with Crippen LogP contribution in [0.5, 0.6) is 0 Å². The maximum Gasteiger partial charge on any atom is 0 e. The second-order valence-electron chi connectivity index (χ2n) is 16.0. The van der Waals surface area contributed by atoms with Crippen LogP contribution < -0.4 is 4.40 Å². The van der Waals surface area contributed by atoms with Crippen LogP contribution in [0.3, 0.4) is 0 Å². The number of imidazole rings is 1. The first-order valence-electron chi connectivity index (χ1n) is 19.4. The van der Waals surface area contributed by atoms with Gasteiger partial charge in [-0.15, -0.1) is 18.2 Å². The summed E-state index contributed by atoms with van der Waals surface area (Å²) >= 11 is -1.78. The summed E-state index contributed by atoms with van der Waals surface area (Å²) < 4.78 is 18.1. The van der Waals surface area contributed by atoms with E-state index in [1.54, 1.807) is 0 Å². The van der Waals surface area contributed by atoms with Gasteiger partial charge in [0.15, 0.2) is 0 Å². The Balaban J connectivity index is 0.000000217.